The van der Waals surface area contributed by atoms with Crippen molar-refractivity contribution in [3.63, 3.8) is 0 Å². The van der Waals surface area contributed by atoms with E-state index in [-0.39, 0.29) is 5.69 Å². The summed E-state index contributed by atoms with van der Waals surface area (Å²) in [5.74, 6) is -0.631. The fourth-order valence-electron chi connectivity index (χ4n) is 1.02. The van der Waals surface area contributed by atoms with E-state index >= 15 is 0 Å². The highest BCUT2D eigenvalue weighted by Gasteiger charge is 2.25. The molecule has 0 aliphatic rings. The van der Waals surface area contributed by atoms with Crippen molar-refractivity contribution < 1.29 is 27.8 Å². The van der Waals surface area contributed by atoms with Gasteiger partial charge in [-0.15, -0.1) is 0 Å². The van der Waals surface area contributed by atoms with E-state index in [1.54, 1.807) is 0 Å². The first kappa shape index (κ1) is 13.3. The molecule has 94 valence electrons. The molecule has 0 N–H and O–H groups in total. The van der Waals surface area contributed by atoms with Gasteiger partial charge in [0.05, 0.1) is 7.11 Å². The van der Waals surface area contributed by atoms with Crippen LogP contribution >= 0.6 is 0 Å². The number of ether oxygens (including phenoxy) is 3. The third kappa shape index (κ3) is 3.63. The Morgan fingerprint density at radius 3 is 2.65 bits per heavy atom. The summed E-state index contributed by atoms with van der Waals surface area (Å²) in [6.07, 6.45) is -3.52. The fraction of sp³-hybridized carbons (Fsp3) is 0.400. The molecule has 1 aromatic heterocycles. The Balaban J connectivity index is 2.75. The van der Waals surface area contributed by atoms with Crippen LogP contribution in [-0.4, -0.2) is 37.9 Å². The van der Waals surface area contributed by atoms with Gasteiger partial charge in [-0.2, -0.15) is 0 Å². The molecule has 0 aliphatic carbocycles. The number of pyridine rings is 1. The van der Waals surface area contributed by atoms with E-state index in [0.717, 1.165) is 7.11 Å². The highest BCUT2D eigenvalue weighted by Crippen LogP contribution is 2.13. The second-order valence-electron chi connectivity index (χ2n) is 2.92. The molecule has 0 fully saturated rings. The minimum atomic E-state index is -2.92. The monoisotopic (exact) mass is 247 g/mol. The minimum absolute atomic E-state index is 0.132. The Hall–Kier alpha value is -1.76. The maximum Gasteiger partial charge on any atom is 0.359 e. The smallest absolute Gasteiger partial charge is 0.359 e. The molecule has 7 heteroatoms. The molecule has 0 aromatic carbocycles. The van der Waals surface area contributed by atoms with Crippen LogP contribution in [0.15, 0.2) is 18.3 Å². The number of methoxy groups -OCH3 is 2. The van der Waals surface area contributed by atoms with Gasteiger partial charge in [0, 0.05) is 19.4 Å². The van der Waals surface area contributed by atoms with Crippen molar-refractivity contribution in [2.24, 2.45) is 0 Å². The number of hydrogen-bond acceptors (Lipinski definition) is 5. The van der Waals surface area contributed by atoms with Gasteiger partial charge < -0.3 is 14.2 Å². The van der Waals surface area contributed by atoms with Crippen molar-refractivity contribution >= 4 is 5.97 Å². The van der Waals surface area contributed by atoms with Gasteiger partial charge in [-0.3, -0.25) is 0 Å². The van der Waals surface area contributed by atoms with Crippen LogP contribution in [-0.2, 0) is 9.47 Å². The average Bonchev–Trinajstić information content (AvgIpc) is 2.35. The second kappa shape index (κ2) is 6.09. The molecule has 1 atom stereocenters. The lowest BCUT2D eigenvalue weighted by Crippen LogP contribution is -2.27. The summed E-state index contributed by atoms with van der Waals surface area (Å²) in [6.45, 7) is 0. The summed E-state index contributed by atoms with van der Waals surface area (Å²) in [7, 11) is 2.42. The summed E-state index contributed by atoms with van der Waals surface area (Å²) in [5, 5.41) is 0. The first-order valence-electron chi connectivity index (χ1n) is 4.60. The third-order valence-electron chi connectivity index (χ3n) is 1.84. The zero-order chi connectivity index (χ0) is 12.8. The van der Waals surface area contributed by atoms with E-state index in [2.05, 4.69) is 14.5 Å². The zero-order valence-electron chi connectivity index (χ0n) is 9.22. The fourth-order valence-corrected chi connectivity index (χ4v) is 1.02. The standard InChI is InChI=1S/C10H11F2NO4/c1-15-6-3-4-13-7(5-6)9(14)17-10(16-2)8(11)12/h3-5,8,10H,1-2H3. The van der Waals surface area contributed by atoms with Crippen LogP contribution in [0.1, 0.15) is 10.5 Å². The molecule has 1 rings (SSSR count). The molecule has 0 bridgehead atoms. The van der Waals surface area contributed by atoms with Crippen LogP contribution < -0.4 is 4.74 Å². The normalized spacial score (nSPS) is 12.3. The summed E-state index contributed by atoms with van der Waals surface area (Å²) in [5.41, 5.74) is -0.132. The van der Waals surface area contributed by atoms with Crippen molar-refractivity contribution in [1.29, 1.82) is 0 Å². The van der Waals surface area contributed by atoms with E-state index in [1.165, 1.54) is 25.4 Å². The van der Waals surface area contributed by atoms with E-state index in [9.17, 15) is 13.6 Å². The van der Waals surface area contributed by atoms with Crippen LogP contribution in [0.4, 0.5) is 8.78 Å². The molecule has 0 radical (unpaired) electrons. The maximum atomic E-state index is 12.3. The maximum absolute atomic E-state index is 12.3. The first-order valence-corrected chi connectivity index (χ1v) is 4.60. The first-order chi connectivity index (χ1) is 8.08. The lowest BCUT2D eigenvalue weighted by atomic mass is 10.3. The van der Waals surface area contributed by atoms with Crippen LogP contribution in [0.3, 0.4) is 0 Å². The molecule has 0 amide bonds. The van der Waals surface area contributed by atoms with Crippen molar-refractivity contribution in [2.75, 3.05) is 14.2 Å². The van der Waals surface area contributed by atoms with Gasteiger partial charge in [0.2, 0.25) is 0 Å². The molecule has 1 heterocycles. The van der Waals surface area contributed by atoms with Gasteiger partial charge in [0.1, 0.15) is 5.75 Å². The highest BCUT2D eigenvalue weighted by atomic mass is 19.3. The van der Waals surface area contributed by atoms with E-state index in [4.69, 9.17) is 4.74 Å². The molecule has 0 aliphatic heterocycles. The Labute approximate surface area is 96.3 Å². The van der Waals surface area contributed by atoms with Gasteiger partial charge in [-0.1, -0.05) is 0 Å². The SMILES string of the molecule is COc1ccnc(C(=O)OC(OC)C(F)F)c1. The quantitative estimate of drug-likeness (QED) is 0.582. The van der Waals surface area contributed by atoms with Gasteiger partial charge in [0.25, 0.3) is 12.7 Å². The van der Waals surface area contributed by atoms with Crippen molar-refractivity contribution in [3.05, 3.63) is 24.0 Å². The van der Waals surface area contributed by atoms with Crippen molar-refractivity contribution in [3.8, 4) is 5.75 Å². The van der Waals surface area contributed by atoms with E-state index in [0.29, 0.717) is 5.75 Å². The third-order valence-corrected chi connectivity index (χ3v) is 1.84. The molecular formula is C10H11F2NO4. The highest BCUT2D eigenvalue weighted by molar-refractivity contribution is 5.87. The van der Waals surface area contributed by atoms with Crippen molar-refractivity contribution in [1.82, 2.24) is 4.98 Å². The molecular weight excluding hydrogens is 236 g/mol. The lowest BCUT2D eigenvalue weighted by Gasteiger charge is -2.14. The predicted octanol–water partition coefficient (Wildman–Crippen LogP) is 1.48. The summed E-state index contributed by atoms with van der Waals surface area (Å²) in [4.78, 5) is 15.1. The number of rotatable bonds is 5. The number of alkyl halides is 2. The summed E-state index contributed by atoms with van der Waals surface area (Å²) >= 11 is 0. The second-order valence-corrected chi connectivity index (χ2v) is 2.92. The summed E-state index contributed by atoms with van der Waals surface area (Å²) < 4.78 is 38.1. The van der Waals surface area contributed by atoms with Gasteiger partial charge in [0.15, 0.2) is 5.69 Å². The molecule has 17 heavy (non-hydrogen) atoms. The van der Waals surface area contributed by atoms with Gasteiger partial charge in [-0.25, -0.2) is 18.6 Å². The largest absolute Gasteiger partial charge is 0.497 e. The van der Waals surface area contributed by atoms with E-state index < -0.39 is 18.7 Å². The Morgan fingerprint density at radius 1 is 1.41 bits per heavy atom. The predicted molar refractivity (Wildman–Crippen MR) is 53.0 cm³/mol. The van der Waals surface area contributed by atoms with E-state index in [1.807, 2.05) is 0 Å². The molecule has 1 unspecified atom stereocenters. The Bertz CT molecular complexity index is 386. The minimum Gasteiger partial charge on any atom is -0.497 e. The zero-order valence-corrected chi connectivity index (χ0v) is 9.22. The number of carbonyl (C=O) groups excluding carboxylic acids is 1. The number of carbonyl (C=O) groups is 1. The molecule has 5 nitrogen and oxygen atoms in total. The van der Waals surface area contributed by atoms with Crippen LogP contribution in [0.5, 0.6) is 5.75 Å². The number of esters is 1. The molecule has 1 aromatic rings. The Kier molecular flexibility index (Phi) is 4.77. The Morgan fingerprint density at radius 2 is 2.12 bits per heavy atom. The molecule has 0 saturated heterocycles. The number of halogens is 2. The van der Waals surface area contributed by atoms with Gasteiger partial charge in [-0.05, 0) is 6.07 Å². The van der Waals surface area contributed by atoms with Crippen LogP contribution in [0.2, 0.25) is 0 Å². The number of nitrogens with zero attached hydrogens (tertiary/aromatic N) is 1. The topological polar surface area (TPSA) is 57.7 Å². The van der Waals surface area contributed by atoms with Crippen LogP contribution in [0, 0.1) is 0 Å². The average molecular weight is 247 g/mol. The molecule has 0 spiro atoms. The number of hydrogen-bond donors (Lipinski definition) is 0. The lowest BCUT2D eigenvalue weighted by molar-refractivity contribution is -0.163. The van der Waals surface area contributed by atoms with Gasteiger partial charge >= 0.3 is 5.97 Å². The molecule has 0 saturated carbocycles. The van der Waals surface area contributed by atoms with Crippen molar-refractivity contribution in [2.45, 2.75) is 12.7 Å². The summed E-state index contributed by atoms with van der Waals surface area (Å²) in [6, 6.07) is 2.79. The number of aromatic nitrogens is 1. The van der Waals surface area contributed by atoms with Crippen LogP contribution in [0.25, 0.3) is 0 Å².